The molecular weight excluding hydrogens is 849 g/mol. The first-order chi connectivity index (χ1) is 33.1. The molecule has 1 aromatic heterocycles. The van der Waals surface area contributed by atoms with E-state index in [1.165, 1.54) is 0 Å². The van der Waals surface area contributed by atoms with Gasteiger partial charge in [-0.05, 0) is 123 Å². The molecule has 0 saturated carbocycles. The summed E-state index contributed by atoms with van der Waals surface area (Å²) in [6.45, 7) is 9.61. The van der Waals surface area contributed by atoms with Crippen LogP contribution in [0.3, 0.4) is 0 Å². The molecule has 10 nitrogen and oxygen atoms in total. The summed E-state index contributed by atoms with van der Waals surface area (Å²) in [5, 5.41) is 16.3. The van der Waals surface area contributed by atoms with Gasteiger partial charge < -0.3 is 24.6 Å². The van der Waals surface area contributed by atoms with Gasteiger partial charge in [0.2, 0.25) is 5.91 Å². The molecule has 3 aromatic carbocycles. The van der Waals surface area contributed by atoms with E-state index >= 15 is 0 Å². The van der Waals surface area contributed by atoms with E-state index in [2.05, 4.69) is 102 Å². The van der Waals surface area contributed by atoms with Gasteiger partial charge in [0.1, 0.15) is 11.4 Å². The third-order valence-corrected chi connectivity index (χ3v) is 13.3. The van der Waals surface area contributed by atoms with E-state index < -0.39 is 5.60 Å². The molecule has 1 atom stereocenters. The normalized spacial score (nSPS) is 17.5. The molecule has 3 heterocycles. The third-order valence-electron chi connectivity index (χ3n) is 13.3. The molecular formula is C58H68N4O6. The Morgan fingerprint density at radius 2 is 1.38 bits per heavy atom. The summed E-state index contributed by atoms with van der Waals surface area (Å²) in [6.07, 6.45) is 34.0. The molecule has 7 rings (SSSR count). The predicted octanol–water partition coefficient (Wildman–Crippen LogP) is 11.4. The van der Waals surface area contributed by atoms with Gasteiger partial charge in [0.05, 0.1) is 12.2 Å². The molecule has 3 aliphatic rings. The fraction of sp³-hybridized carbons (Fsp3) is 0.379. The van der Waals surface area contributed by atoms with Gasteiger partial charge in [-0.3, -0.25) is 19.3 Å². The van der Waals surface area contributed by atoms with Crippen molar-refractivity contribution in [2.45, 2.75) is 117 Å². The van der Waals surface area contributed by atoms with Crippen molar-refractivity contribution in [3.8, 4) is 17.0 Å². The van der Waals surface area contributed by atoms with Crippen molar-refractivity contribution in [2.75, 3.05) is 31.5 Å². The van der Waals surface area contributed by atoms with E-state index in [0.29, 0.717) is 81.0 Å². The largest absolute Gasteiger partial charge is 0.415 e. The van der Waals surface area contributed by atoms with Crippen molar-refractivity contribution in [1.82, 2.24) is 14.4 Å². The maximum absolute atomic E-state index is 13.7. The van der Waals surface area contributed by atoms with Gasteiger partial charge in [-0.2, -0.15) is 0 Å². The predicted molar refractivity (Wildman–Crippen MR) is 275 cm³/mol. The standard InChI is InChI=1S/C58H68N4O6/c1-4-7-8-9-10-11-12-13-14-15-16-17-18-19-20-21-22-23-24-25-55(64)59-46-29-26-43(27-30-46)41-60-34-36-61(37-35-60)57(66)68-53-32-28-44-38-50-45(39-49(44)47(53)5-2)42-62-52(50)40-51-48(56(62)65)31-33-54(63)58(51,67)6-3/h7-8,10-11,13-14,16-17,19-20,22-23,26-30,32,38-40,67H,4-6,9,12,15,18,21,24-25,31,33-37,41-42H2,1-3H3,(H,59,64)/b8-7-,11-10-,14-13-,17-16-,20-19-,23-22-/t58-/m0/s1. The number of allylic oxidation sites excluding steroid dienone is 12. The number of aromatic nitrogens is 1. The number of benzene rings is 3. The highest BCUT2D eigenvalue weighted by Crippen LogP contribution is 2.41. The Labute approximate surface area is 402 Å². The average molecular weight is 917 g/mol. The number of anilines is 1. The number of amides is 2. The molecule has 68 heavy (non-hydrogen) atoms. The zero-order chi connectivity index (χ0) is 47.9. The molecule has 10 heteroatoms. The average Bonchev–Trinajstić information content (AvgIpc) is 3.71. The molecule has 0 spiro atoms. The molecule has 2 amide bonds. The van der Waals surface area contributed by atoms with Crippen LogP contribution in [0.1, 0.15) is 113 Å². The Hall–Kier alpha value is -6.36. The first-order valence-electron chi connectivity index (χ1n) is 24.7. The summed E-state index contributed by atoms with van der Waals surface area (Å²) >= 11 is 0. The van der Waals surface area contributed by atoms with Gasteiger partial charge in [-0.25, -0.2) is 4.79 Å². The van der Waals surface area contributed by atoms with Gasteiger partial charge >= 0.3 is 6.09 Å². The lowest BCUT2D eigenvalue weighted by Crippen LogP contribution is -2.49. The van der Waals surface area contributed by atoms with Gasteiger partial charge in [0, 0.05) is 73.5 Å². The minimum atomic E-state index is -1.64. The van der Waals surface area contributed by atoms with E-state index in [-0.39, 0.29) is 36.2 Å². The molecule has 0 bridgehead atoms. The number of carbonyl (C=O) groups excluding carboxylic acids is 3. The number of hydrogen-bond acceptors (Lipinski definition) is 7. The molecule has 356 valence electrons. The van der Waals surface area contributed by atoms with Gasteiger partial charge in [-0.15, -0.1) is 0 Å². The summed E-state index contributed by atoms with van der Waals surface area (Å²) in [5.41, 5.74) is 4.62. The maximum Gasteiger partial charge on any atom is 0.415 e. The highest BCUT2D eigenvalue weighted by Gasteiger charge is 2.43. The van der Waals surface area contributed by atoms with Gasteiger partial charge in [-0.1, -0.05) is 112 Å². The van der Waals surface area contributed by atoms with Crippen LogP contribution in [0, 0.1) is 0 Å². The zero-order valence-corrected chi connectivity index (χ0v) is 40.2. The second-order valence-corrected chi connectivity index (χ2v) is 17.9. The molecule has 0 unspecified atom stereocenters. The van der Waals surface area contributed by atoms with E-state index in [1.54, 1.807) is 16.4 Å². The zero-order valence-electron chi connectivity index (χ0n) is 40.2. The number of nitrogens with zero attached hydrogens (tertiary/aromatic N) is 3. The number of pyridine rings is 1. The number of piperazine rings is 1. The third kappa shape index (κ3) is 12.2. The summed E-state index contributed by atoms with van der Waals surface area (Å²) in [6, 6.07) is 17.8. The first-order valence-corrected chi connectivity index (χ1v) is 24.7. The summed E-state index contributed by atoms with van der Waals surface area (Å²) in [5.74, 6) is 0.287. The minimum Gasteiger partial charge on any atom is -0.410 e. The molecule has 4 aromatic rings. The second-order valence-electron chi connectivity index (χ2n) is 17.9. The van der Waals surface area contributed by atoms with Crippen molar-refractivity contribution in [2.24, 2.45) is 0 Å². The maximum atomic E-state index is 13.7. The minimum absolute atomic E-state index is 0.00655. The van der Waals surface area contributed by atoms with Crippen LogP contribution in [0.2, 0.25) is 0 Å². The Morgan fingerprint density at radius 1 is 0.750 bits per heavy atom. The fourth-order valence-electron chi connectivity index (χ4n) is 9.40. The lowest BCUT2D eigenvalue weighted by molar-refractivity contribution is -0.140. The van der Waals surface area contributed by atoms with Crippen LogP contribution in [0.4, 0.5) is 10.5 Å². The Balaban J connectivity index is 0.816. The number of aryl methyl sites for hydroxylation is 1. The highest BCUT2D eigenvalue weighted by molar-refractivity contribution is 5.95. The Morgan fingerprint density at radius 3 is 2.00 bits per heavy atom. The number of aliphatic hydroxyl groups is 1. The molecule has 1 aliphatic carbocycles. The second kappa shape index (κ2) is 24.1. The van der Waals surface area contributed by atoms with Crippen molar-refractivity contribution in [3.63, 3.8) is 0 Å². The van der Waals surface area contributed by atoms with E-state index in [1.807, 2.05) is 49.4 Å². The van der Waals surface area contributed by atoms with Crippen molar-refractivity contribution < 1.29 is 24.2 Å². The molecule has 2 N–H and O–H groups in total. The number of fused-ring (bicyclic) bond motifs is 5. The van der Waals surface area contributed by atoms with E-state index in [9.17, 15) is 24.3 Å². The van der Waals surface area contributed by atoms with Crippen LogP contribution < -0.4 is 15.6 Å². The smallest absolute Gasteiger partial charge is 0.410 e. The van der Waals surface area contributed by atoms with Crippen molar-refractivity contribution in [1.29, 1.82) is 0 Å². The van der Waals surface area contributed by atoms with Crippen molar-refractivity contribution >= 4 is 34.2 Å². The van der Waals surface area contributed by atoms with Crippen molar-refractivity contribution in [3.05, 3.63) is 166 Å². The number of ketones is 1. The van der Waals surface area contributed by atoms with Crippen LogP contribution in [0.15, 0.2) is 132 Å². The van der Waals surface area contributed by atoms with E-state index in [4.69, 9.17) is 4.74 Å². The Bertz CT molecular complexity index is 2680. The summed E-state index contributed by atoms with van der Waals surface area (Å²) in [4.78, 5) is 56.8. The fourth-order valence-corrected chi connectivity index (χ4v) is 9.40. The van der Waals surface area contributed by atoms with Crippen LogP contribution in [0.25, 0.3) is 22.0 Å². The summed E-state index contributed by atoms with van der Waals surface area (Å²) in [7, 11) is 0. The molecule has 1 fully saturated rings. The highest BCUT2D eigenvalue weighted by atomic mass is 16.6. The lowest BCUT2D eigenvalue weighted by atomic mass is 9.76. The van der Waals surface area contributed by atoms with Crippen LogP contribution in [-0.4, -0.2) is 63.4 Å². The van der Waals surface area contributed by atoms with Gasteiger partial charge in [0.15, 0.2) is 5.78 Å². The number of hydrogen-bond donors (Lipinski definition) is 2. The molecule has 2 aliphatic heterocycles. The molecule has 0 radical (unpaired) electrons. The number of ether oxygens (including phenoxy) is 1. The summed E-state index contributed by atoms with van der Waals surface area (Å²) < 4.78 is 7.84. The lowest BCUT2D eigenvalue weighted by Gasteiger charge is -2.34. The SMILES string of the molecule is CC/C=C\C/C=C\C/C=C\C/C=C\C/C=C\C/C=C\CCC(=O)Nc1ccc(CN2CCN(C(=O)Oc3ccc4cc5c(cc4c3CC)Cn3c-5cc4c(c3=O)CCC(=O)[C@]4(O)CC)CC2)cc1. The number of nitrogens with one attached hydrogen (secondary N) is 1. The Kier molecular flexibility index (Phi) is 17.5. The number of rotatable bonds is 20. The van der Waals surface area contributed by atoms with Crippen LogP contribution in [-0.2, 0) is 41.1 Å². The quantitative estimate of drug-likeness (QED) is 0.0746. The first kappa shape index (κ1) is 49.5. The van der Waals surface area contributed by atoms with Crippen LogP contribution >= 0.6 is 0 Å². The monoisotopic (exact) mass is 917 g/mol. The van der Waals surface area contributed by atoms with E-state index in [0.717, 1.165) is 83.8 Å². The number of carbonyl (C=O) groups is 3. The topological polar surface area (TPSA) is 121 Å². The van der Waals surface area contributed by atoms with Crippen LogP contribution in [0.5, 0.6) is 5.75 Å². The molecule has 1 saturated heterocycles. The van der Waals surface area contributed by atoms with Gasteiger partial charge in [0.25, 0.3) is 5.56 Å². The number of Topliss-reactive ketones (excluding diaryl/α,β-unsaturated/α-hetero) is 1.